The number of likely N-dealkylation sites (tertiary alicyclic amines) is 1. The first kappa shape index (κ1) is 14.9. The van der Waals surface area contributed by atoms with Gasteiger partial charge in [-0.2, -0.15) is 0 Å². The molecule has 0 radical (unpaired) electrons. The monoisotopic (exact) mass is 294 g/mol. The molecule has 1 aromatic carbocycles. The van der Waals surface area contributed by atoms with Crippen molar-refractivity contribution in [1.29, 1.82) is 0 Å². The first-order valence-corrected chi connectivity index (χ1v) is 7.31. The molecular weight excluding hydrogens is 276 g/mol. The van der Waals surface area contributed by atoms with E-state index in [4.69, 9.17) is 11.6 Å². The van der Waals surface area contributed by atoms with Crippen LogP contribution in [0.25, 0.3) is 0 Å². The Kier molecular flexibility index (Phi) is 5.01. The van der Waals surface area contributed by atoms with Crippen LogP contribution >= 0.6 is 11.6 Å². The Bertz CT molecular complexity index is 498. The number of piperidine rings is 1. The summed E-state index contributed by atoms with van der Waals surface area (Å²) in [4.78, 5) is 26.1. The van der Waals surface area contributed by atoms with Crippen LogP contribution in [-0.4, -0.2) is 35.8 Å². The molecule has 1 aliphatic heterocycles. The van der Waals surface area contributed by atoms with E-state index in [1.165, 1.54) is 6.42 Å². The van der Waals surface area contributed by atoms with Crippen molar-refractivity contribution in [1.82, 2.24) is 10.2 Å². The van der Waals surface area contributed by atoms with Crippen LogP contribution in [0, 0.1) is 0 Å². The fourth-order valence-electron chi connectivity index (χ4n) is 2.37. The zero-order valence-corrected chi connectivity index (χ0v) is 12.3. The highest BCUT2D eigenvalue weighted by atomic mass is 35.5. The molecule has 1 saturated heterocycles. The summed E-state index contributed by atoms with van der Waals surface area (Å²) >= 11 is 5.97. The molecular formula is C15H19ClN2O2. The number of halogens is 1. The van der Waals surface area contributed by atoms with E-state index in [9.17, 15) is 9.59 Å². The summed E-state index contributed by atoms with van der Waals surface area (Å²) in [6, 6.07) is 6.29. The molecule has 1 atom stereocenters. The van der Waals surface area contributed by atoms with Crippen molar-refractivity contribution in [3.05, 3.63) is 34.9 Å². The SMILES string of the molecule is CC(NC(=O)c1ccccc1Cl)C(=O)N1CCCCC1. The van der Waals surface area contributed by atoms with Crippen LogP contribution in [0.1, 0.15) is 36.5 Å². The van der Waals surface area contributed by atoms with Crippen molar-refractivity contribution in [2.75, 3.05) is 13.1 Å². The van der Waals surface area contributed by atoms with Gasteiger partial charge < -0.3 is 10.2 Å². The number of rotatable bonds is 3. The third-order valence-corrected chi connectivity index (χ3v) is 3.83. The first-order chi connectivity index (χ1) is 9.59. The summed E-state index contributed by atoms with van der Waals surface area (Å²) in [6.45, 7) is 3.28. The Balaban J connectivity index is 1.97. The predicted molar refractivity (Wildman–Crippen MR) is 78.8 cm³/mol. The summed E-state index contributed by atoms with van der Waals surface area (Å²) in [7, 11) is 0. The molecule has 4 nitrogen and oxygen atoms in total. The van der Waals surface area contributed by atoms with Gasteiger partial charge in [-0.25, -0.2) is 0 Å². The Morgan fingerprint density at radius 1 is 1.20 bits per heavy atom. The van der Waals surface area contributed by atoms with Crippen LogP contribution in [0.3, 0.4) is 0 Å². The third-order valence-electron chi connectivity index (χ3n) is 3.50. The minimum atomic E-state index is -0.531. The molecule has 0 bridgehead atoms. The topological polar surface area (TPSA) is 49.4 Å². The number of hydrogen-bond acceptors (Lipinski definition) is 2. The second kappa shape index (κ2) is 6.75. The van der Waals surface area contributed by atoms with E-state index in [-0.39, 0.29) is 11.8 Å². The van der Waals surface area contributed by atoms with Crippen LogP contribution in [0.4, 0.5) is 0 Å². The van der Waals surface area contributed by atoms with Crippen LogP contribution < -0.4 is 5.32 Å². The zero-order chi connectivity index (χ0) is 14.5. The molecule has 5 heteroatoms. The number of carbonyl (C=O) groups is 2. The molecule has 2 rings (SSSR count). The minimum absolute atomic E-state index is 0.0231. The first-order valence-electron chi connectivity index (χ1n) is 6.94. The second-order valence-corrected chi connectivity index (χ2v) is 5.47. The molecule has 1 unspecified atom stereocenters. The van der Waals surface area contributed by atoms with Gasteiger partial charge in [0.2, 0.25) is 5.91 Å². The maximum absolute atomic E-state index is 12.2. The average Bonchev–Trinajstić information content (AvgIpc) is 2.47. The molecule has 0 saturated carbocycles. The van der Waals surface area contributed by atoms with Gasteiger partial charge in [-0.1, -0.05) is 23.7 Å². The maximum atomic E-state index is 12.2. The van der Waals surface area contributed by atoms with Crippen LogP contribution in [-0.2, 0) is 4.79 Å². The molecule has 0 aromatic heterocycles. The van der Waals surface area contributed by atoms with Crippen molar-refractivity contribution in [2.45, 2.75) is 32.2 Å². The Hall–Kier alpha value is -1.55. The fourth-order valence-corrected chi connectivity index (χ4v) is 2.59. The lowest BCUT2D eigenvalue weighted by Gasteiger charge is -2.29. The summed E-state index contributed by atoms with van der Waals surface area (Å²) in [5, 5.41) is 3.11. The molecule has 1 aromatic rings. The summed E-state index contributed by atoms with van der Waals surface area (Å²) in [5.74, 6) is -0.335. The molecule has 1 aliphatic rings. The maximum Gasteiger partial charge on any atom is 0.253 e. The second-order valence-electron chi connectivity index (χ2n) is 5.06. The zero-order valence-electron chi connectivity index (χ0n) is 11.6. The van der Waals surface area contributed by atoms with Crippen molar-refractivity contribution in [3.63, 3.8) is 0 Å². The molecule has 1 N–H and O–H groups in total. The van der Waals surface area contributed by atoms with Gasteiger partial charge >= 0.3 is 0 Å². The number of nitrogens with zero attached hydrogens (tertiary/aromatic N) is 1. The number of nitrogens with one attached hydrogen (secondary N) is 1. The normalized spacial score (nSPS) is 16.6. The lowest BCUT2D eigenvalue weighted by Crippen LogP contribution is -2.48. The third kappa shape index (κ3) is 3.51. The van der Waals surface area contributed by atoms with E-state index in [1.807, 2.05) is 4.90 Å². The number of hydrogen-bond donors (Lipinski definition) is 1. The highest BCUT2D eigenvalue weighted by Gasteiger charge is 2.24. The quantitative estimate of drug-likeness (QED) is 0.931. The molecule has 0 aliphatic carbocycles. The molecule has 1 heterocycles. The van der Waals surface area contributed by atoms with Gasteiger partial charge in [0.25, 0.3) is 5.91 Å². The number of amides is 2. The van der Waals surface area contributed by atoms with Crippen molar-refractivity contribution >= 4 is 23.4 Å². The van der Waals surface area contributed by atoms with Gasteiger partial charge in [0.1, 0.15) is 6.04 Å². The Morgan fingerprint density at radius 2 is 1.85 bits per heavy atom. The largest absolute Gasteiger partial charge is 0.341 e. The van der Waals surface area contributed by atoms with Crippen molar-refractivity contribution in [2.24, 2.45) is 0 Å². The molecule has 1 fully saturated rings. The van der Waals surface area contributed by atoms with Crippen molar-refractivity contribution in [3.8, 4) is 0 Å². The van der Waals surface area contributed by atoms with Crippen LogP contribution in [0.2, 0.25) is 5.02 Å². The van der Waals surface area contributed by atoms with E-state index < -0.39 is 6.04 Å². The lowest BCUT2D eigenvalue weighted by molar-refractivity contribution is -0.133. The number of carbonyl (C=O) groups excluding carboxylic acids is 2. The molecule has 0 spiro atoms. The highest BCUT2D eigenvalue weighted by molar-refractivity contribution is 6.33. The van der Waals surface area contributed by atoms with E-state index in [1.54, 1.807) is 31.2 Å². The van der Waals surface area contributed by atoms with E-state index in [0.29, 0.717) is 10.6 Å². The van der Waals surface area contributed by atoms with Gasteiger partial charge in [-0.05, 0) is 38.3 Å². The van der Waals surface area contributed by atoms with Crippen molar-refractivity contribution < 1.29 is 9.59 Å². The average molecular weight is 295 g/mol. The Morgan fingerprint density at radius 3 is 2.50 bits per heavy atom. The standard InChI is InChI=1S/C15H19ClN2O2/c1-11(15(20)18-9-5-2-6-10-18)17-14(19)12-7-3-4-8-13(12)16/h3-4,7-8,11H,2,5-6,9-10H2,1H3,(H,17,19). The van der Waals surface area contributed by atoms with Gasteiger partial charge in [0.15, 0.2) is 0 Å². The minimum Gasteiger partial charge on any atom is -0.341 e. The fraction of sp³-hybridized carbons (Fsp3) is 0.467. The van der Waals surface area contributed by atoms with Gasteiger partial charge in [-0.3, -0.25) is 9.59 Å². The number of benzene rings is 1. The Labute approximate surface area is 124 Å². The smallest absolute Gasteiger partial charge is 0.253 e. The molecule has 2 amide bonds. The van der Waals surface area contributed by atoms with Crippen LogP contribution in [0.5, 0.6) is 0 Å². The van der Waals surface area contributed by atoms with Gasteiger partial charge in [-0.15, -0.1) is 0 Å². The molecule has 108 valence electrons. The summed E-state index contributed by atoms with van der Waals surface area (Å²) < 4.78 is 0. The summed E-state index contributed by atoms with van der Waals surface area (Å²) in [6.07, 6.45) is 3.25. The van der Waals surface area contributed by atoms with Crippen LogP contribution in [0.15, 0.2) is 24.3 Å². The molecule has 20 heavy (non-hydrogen) atoms. The van der Waals surface area contributed by atoms with Gasteiger partial charge in [0.05, 0.1) is 10.6 Å². The predicted octanol–water partition coefficient (Wildman–Crippen LogP) is 2.47. The van der Waals surface area contributed by atoms with Gasteiger partial charge in [0, 0.05) is 13.1 Å². The summed E-state index contributed by atoms with van der Waals surface area (Å²) in [5.41, 5.74) is 0.396. The van der Waals surface area contributed by atoms with E-state index in [2.05, 4.69) is 5.32 Å². The van der Waals surface area contributed by atoms with E-state index in [0.717, 1.165) is 25.9 Å². The highest BCUT2D eigenvalue weighted by Crippen LogP contribution is 2.15. The van der Waals surface area contributed by atoms with E-state index >= 15 is 0 Å². The lowest BCUT2D eigenvalue weighted by atomic mass is 10.1.